The molecule has 2 aromatic rings. The Morgan fingerprint density at radius 2 is 1.71 bits per heavy atom. The molecule has 4 aliphatic rings. The average molecular weight is 459 g/mol. The molecule has 0 aliphatic heterocycles. The lowest BCUT2D eigenvalue weighted by Gasteiger charge is -2.56. The van der Waals surface area contributed by atoms with E-state index in [1.807, 2.05) is 38.4 Å². The molecule has 1 atom stereocenters. The summed E-state index contributed by atoms with van der Waals surface area (Å²) in [6.45, 7) is 2.12. The minimum absolute atomic E-state index is 0.0629. The first kappa shape index (κ1) is 21.5. The molecule has 4 fully saturated rings. The van der Waals surface area contributed by atoms with E-state index in [1.54, 1.807) is 11.8 Å². The number of rotatable bonds is 7. The predicted molar refractivity (Wildman–Crippen MR) is 125 cm³/mol. The van der Waals surface area contributed by atoms with Crippen LogP contribution in [0.2, 0.25) is 5.02 Å². The van der Waals surface area contributed by atoms with Gasteiger partial charge in [0.2, 0.25) is 0 Å². The fourth-order valence-corrected chi connectivity index (χ4v) is 7.56. The molecule has 4 bridgehead atoms. The summed E-state index contributed by atoms with van der Waals surface area (Å²) < 4.78 is 2.08. The van der Waals surface area contributed by atoms with Crippen molar-refractivity contribution in [3.8, 4) is 5.69 Å². The Bertz CT molecular complexity index is 935. The summed E-state index contributed by atoms with van der Waals surface area (Å²) in [4.78, 5) is 15.6. The van der Waals surface area contributed by atoms with Crippen LogP contribution in [0.5, 0.6) is 0 Å². The Morgan fingerprint density at radius 3 is 2.26 bits per heavy atom. The number of carbonyl (C=O) groups is 1. The lowest BCUT2D eigenvalue weighted by Crippen LogP contribution is -2.50. The number of benzene rings is 1. The van der Waals surface area contributed by atoms with Gasteiger partial charge < -0.3 is 0 Å². The number of hydrogen-bond donors (Lipinski definition) is 0. The molecule has 1 aromatic carbocycles. The van der Waals surface area contributed by atoms with Gasteiger partial charge in [-0.05, 0) is 102 Å². The van der Waals surface area contributed by atoms with E-state index in [9.17, 15) is 4.79 Å². The van der Waals surface area contributed by atoms with Gasteiger partial charge in [-0.1, -0.05) is 23.4 Å². The molecular formula is C24H31ClN4OS. The molecule has 31 heavy (non-hydrogen) atoms. The maximum absolute atomic E-state index is 13.5. The van der Waals surface area contributed by atoms with Gasteiger partial charge in [0.15, 0.2) is 11.0 Å². The molecule has 0 radical (unpaired) electrons. The SMILES string of the molecule is CC(c1nnc(SCC(=O)C23CC4CC(CC(C4)C2)C3)n1-c1ccc(Cl)cc1)N(C)C. The zero-order valence-electron chi connectivity index (χ0n) is 18.6. The fraction of sp³-hybridized carbons (Fsp3) is 0.625. The summed E-state index contributed by atoms with van der Waals surface area (Å²) in [5.74, 6) is 4.14. The number of halogens is 1. The zero-order valence-corrected chi connectivity index (χ0v) is 20.1. The molecule has 6 rings (SSSR count). The Labute approximate surface area is 193 Å². The Morgan fingerprint density at radius 1 is 1.13 bits per heavy atom. The van der Waals surface area contributed by atoms with E-state index in [0.717, 1.165) is 53.7 Å². The van der Waals surface area contributed by atoms with Crippen molar-refractivity contribution in [2.45, 2.75) is 56.6 Å². The second-order valence-corrected chi connectivity index (χ2v) is 11.6. The van der Waals surface area contributed by atoms with Gasteiger partial charge in [-0.3, -0.25) is 14.3 Å². The molecule has 0 saturated heterocycles. The highest BCUT2D eigenvalue weighted by Gasteiger charge is 2.54. The van der Waals surface area contributed by atoms with Gasteiger partial charge in [-0.25, -0.2) is 0 Å². The molecule has 5 nitrogen and oxygen atoms in total. The van der Waals surface area contributed by atoms with E-state index in [-0.39, 0.29) is 11.5 Å². The van der Waals surface area contributed by atoms with Crippen LogP contribution in [0.3, 0.4) is 0 Å². The lowest BCUT2D eigenvalue weighted by molar-refractivity contribution is -0.141. The molecule has 0 spiro atoms. The first-order valence-corrected chi connectivity index (χ1v) is 12.7. The highest BCUT2D eigenvalue weighted by molar-refractivity contribution is 7.99. The summed E-state index contributed by atoms with van der Waals surface area (Å²) >= 11 is 7.66. The van der Waals surface area contributed by atoms with Crippen LogP contribution < -0.4 is 0 Å². The third kappa shape index (κ3) is 3.96. The maximum atomic E-state index is 13.5. The van der Waals surface area contributed by atoms with E-state index < -0.39 is 0 Å². The molecule has 7 heteroatoms. The van der Waals surface area contributed by atoms with Crippen LogP contribution in [0.1, 0.15) is 57.3 Å². The predicted octanol–water partition coefficient (Wildman–Crippen LogP) is 5.42. The van der Waals surface area contributed by atoms with E-state index in [1.165, 1.54) is 19.3 Å². The molecule has 4 saturated carbocycles. The summed E-state index contributed by atoms with van der Waals surface area (Å²) in [5.41, 5.74) is 0.912. The number of carbonyl (C=O) groups excluding carboxylic acids is 1. The number of ketones is 1. The standard InChI is InChI=1S/C24H31ClN4OS/c1-15(28(2)3)22-26-27-23(29(22)20-6-4-19(25)5-7-20)31-14-21(30)24-11-16-8-17(12-24)10-18(9-16)13-24/h4-7,15-18H,8-14H2,1-3H3. The van der Waals surface area contributed by atoms with Crippen LogP contribution in [-0.4, -0.2) is 45.3 Å². The molecule has 4 aliphatic carbocycles. The van der Waals surface area contributed by atoms with Gasteiger partial charge in [0.25, 0.3) is 0 Å². The number of aromatic nitrogens is 3. The second-order valence-electron chi connectivity index (χ2n) is 10.2. The Kier molecular flexibility index (Phi) is 5.68. The first-order valence-electron chi connectivity index (χ1n) is 11.4. The van der Waals surface area contributed by atoms with Crippen LogP contribution in [0, 0.1) is 23.2 Å². The summed E-state index contributed by atoms with van der Waals surface area (Å²) in [5, 5.41) is 10.5. The monoisotopic (exact) mass is 458 g/mol. The van der Waals surface area contributed by atoms with Gasteiger partial charge >= 0.3 is 0 Å². The van der Waals surface area contributed by atoms with Gasteiger partial charge in [-0.15, -0.1) is 10.2 Å². The van der Waals surface area contributed by atoms with Crippen molar-refractivity contribution in [3.05, 3.63) is 35.1 Å². The molecule has 0 N–H and O–H groups in total. The van der Waals surface area contributed by atoms with Gasteiger partial charge in [-0.2, -0.15) is 0 Å². The molecule has 0 amide bonds. The van der Waals surface area contributed by atoms with Crippen molar-refractivity contribution in [1.29, 1.82) is 0 Å². The van der Waals surface area contributed by atoms with Crippen LogP contribution in [0.25, 0.3) is 5.69 Å². The number of Topliss-reactive ketones (excluding diaryl/α,β-unsaturated/α-hetero) is 1. The van der Waals surface area contributed by atoms with Crippen molar-refractivity contribution in [1.82, 2.24) is 19.7 Å². The fourth-order valence-electron chi connectivity index (χ4n) is 6.44. The first-order chi connectivity index (χ1) is 14.8. The molecule has 166 valence electrons. The van der Waals surface area contributed by atoms with E-state index >= 15 is 0 Å². The minimum Gasteiger partial charge on any atom is -0.300 e. The quantitative estimate of drug-likeness (QED) is 0.518. The topological polar surface area (TPSA) is 51.0 Å². The third-order valence-electron chi connectivity index (χ3n) is 7.85. The Balaban J connectivity index is 1.39. The molecule has 1 heterocycles. The smallest absolute Gasteiger partial charge is 0.196 e. The maximum Gasteiger partial charge on any atom is 0.196 e. The van der Waals surface area contributed by atoms with Crippen molar-refractivity contribution < 1.29 is 4.79 Å². The average Bonchev–Trinajstić information content (AvgIpc) is 3.14. The minimum atomic E-state index is -0.0629. The van der Waals surface area contributed by atoms with Crippen molar-refractivity contribution >= 4 is 29.1 Å². The third-order valence-corrected chi connectivity index (χ3v) is 9.03. The number of nitrogens with zero attached hydrogens (tertiary/aromatic N) is 4. The van der Waals surface area contributed by atoms with E-state index in [2.05, 4.69) is 26.6 Å². The van der Waals surface area contributed by atoms with Gasteiger partial charge in [0.05, 0.1) is 11.8 Å². The number of hydrogen-bond acceptors (Lipinski definition) is 5. The van der Waals surface area contributed by atoms with Crippen molar-refractivity contribution in [2.24, 2.45) is 23.2 Å². The normalized spacial score (nSPS) is 30.2. The molecule has 1 unspecified atom stereocenters. The molecule has 1 aromatic heterocycles. The van der Waals surface area contributed by atoms with E-state index in [0.29, 0.717) is 16.6 Å². The zero-order chi connectivity index (χ0) is 21.8. The Hall–Kier alpha value is -1.37. The van der Waals surface area contributed by atoms with Crippen LogP contribution in [-0.2, 0) is 4.79 Å². The molecular weight excluding hydrogens is 428 g/mol. The van der Waals surface area contributed by atoms with Crippen molar-refractivity contribution in [3.63, 3.8) is 0 Å². The highest BCUT2D eigenvalue weighted by atomic mass is 35.5. The van der Waals surface area contributed by atoms with Gasteiger partial charge in [0, 0.05) is 16.1 Å². The van der Waals surface area contributed by atoms with Crippen LogP contribution >= 0.6 is 23.4 Å². The van der Waals surface area contributed by atoms with Crippen LogP contribution in [0.4, 0.5) is 0 Å². The summed E-state index contributed by atoms with van der Waals surface area (Å²) in [7, 11) is 4.07. The largest absolute Gasteiger partial charge is 0.300 e. The van der Waals surface area contributed by atoms with Crippen LogP contribution in [0.15, 0.2) is 29.4 Å². The van der Waals surface area contributed by atoms with Crippen molar-refractivity contribution in [2.75, 3.05) is 19.8 Å². The number of thioether (sulfide) groups is 1. The summed E-state index contributed by atoms with van der Waals surface area (Å²) in [6, 6.07) is 7.84. The summed E-state index contributed by atoms with van der Waals surface area (Å²) in [6.07, 6.45) is 7.42. The second kappa shape index (κ2) is 8.20. The van der Waals surface area contributed by atoms with Gasteiger partial charge in [0.1, 0.15) is 5.78 Å². The van der Waals surface area contributed by atoms with E-state index in [4.69, 9.17) is 11.6 Å². The highest BCUT2D eigenvalue weighted by Crippen LogP contribution is 2.60. The lowest BCUT2D eigenvalue weighted by atomic mass is 9.48.